The lowest BCUT2D eigenvalue weighted by Crippen LogP contribution is -2.30. The molecule has 0 amide bonds. The summed E-state index contributed by atoms with van der Waals surface area (Å²) in [4.78, 5) is 0. The van der Waals surface area contributed by atoms with Gasteiger partial charge in [-0.3, -0.25) is 0 Å². The molecule has 0 heteroatoms. The topological polar surface area (TPSA) is 0 Å². The summed E-state index contributed by atoms with van der Waals surface area (Å²) in [6, 6.07) is 22.0. The largest absolute Gasteiger partial charge is 0.0645 e. The molecule has 0 fully saturated rings. The van der Waals surface area contributed by atoms with Crippen molar-refractivity contribution < 1.29 is 0 Å². The molecule has 0 aliphatic carbocycles. The Bertz CT molecular complexity index is 498. The Kier molecular flexibility index (Phi) is 5.00. The van der Waals surface area contributed by atoms with Gasteiger partial charge in [0, 0.05) is 0 Å². The van der Waals surface area contributed by atoms with Crippen LogP contribution in [0.15, 0.2) is 60.7 Å². The van der Waals surface area contributed by atoms with Crippen molar-refractivity contribution in [3.8, 4) is 0 Å². The van der Waals surface area contributed by atoms with Crippen LogP contribution in [-0.4, -0.2) is 0 Å². The van der Waals surface area contributed by atoms with Crippen LogP contribution in [-0.2, 0) is 11.8 Å². The summed E-state index contributed by atoms with van der Waals surface area (Å²) in [5, 5.41) is 0. The SMILES string of the molecule is CCC(Cc1ccccc1)(CC(C)C)c1ccccc1. The van der Waals surface area contributed by atoms with Gasteiger partial charge in [-0.15, -0.1) is 0 Å². The summed E-state index contributed by atoms with van der Waals surface area (Å²) in [6.07, 6.45) is 3.55. The molecular formula is C20H26. The molecule has 0 N–H and O–H groups in total. The van der Waals surface area contributed by atoms with Crippen molar-refractivity contribution in [2.24, 2.45) is 5.92 Å². The van der Waals surface area contributed by atoms with E-state index in [1.54, 1.807) is 0 Å². The summed E-state index contributed by atoms with van der Waals surface area (Å²) < 4.78 is 0. The van der Waals surface area contributed by atoms with E-state index in [1.165, 1.54) is 24.0 Å². The highest BCUT2D eigenvalue weighted by Crippen LogP contribution is 2.37. The van der Waals surface area contributed by atoms with E-state index >= 15 is 0 Å². The van der Waals surface area contributed by atoms with Crippen LogP contribution in [0.25, 0.3) is 0 Å². The molecule has 2 rings (SSSR count). The minimum atomic E-state index is 0.261. The van der Waals surface area contributed by atoms with E-state index in [9.17, 15) is 0 Å². The zero-order valence-corrected chi connectivity index (χ0v) is 13.0. The molecule has 0 aliphatic rings. The molecule has 106 valence electrons. The summed E-state index contributed by atoms with van der Waals surface area (Å²) >= 11 is 0. The highest BCUT2D eigenvalue weighted by molar-refractivity contribution is 5.29. The fraction of sp³-hybridized carbons (Fsp3) is 0.400. The van der Waals surface area contributed by atoms with Crippen molar-refractivity contribution in [2.45, 2.75) is 45.4 Å². The summed E-state index contributed by atoms with van der Waals surface area (Å²) in [6.45, 7) is 7.00. The lowest BCUT2D eigenvalue weighted by Gasteiger charge is -2.35. The number of hydrogen-bond donors (Lipinski definition) is 0. The summed E-state index contributed by atoms with van der Waals surface area (Å²) in [7, 11) is 0. The average Bonchev–Trinajstić information content (AvgIpc) is 2.48. The fourth-order valence-corrected chi connectivity index (χ4v) is 3.33. The Morgan fingerprint density at radius 3 is 1.90 bits per heavy atom. The van der Waals surface area contributed by atoms with Gasteiger partial charge in [0.05, 0.1) is 0 Å². The van der Waals surface area contributed by atoms with E-state index in [-0.39, 0.29) is 5.41 Å². The van der Waals surface area contributed by atoms with Gasteiger partial charge in [-0.05, 0) is 41.7 Å². The smallest absolute Gasteiger partial charge is 0.000684 e. The molecule has 1 atom stereocenters. The Labute approximate surface area is 123 Å². The van der Waals surface area contributed by atoms with Crippen molar-refractivity contribution >= 4 is 0 Å². The predicted molar refractivity (Wildman–Crippen MR) is 88.0 cm³/mol. The molecule has 0 aliphatic heterocycles. The van der Waals surface area contributed by atoms with Gasteiger partial charge in [0.1, 0.15) is 0 Å². The van der Waals surface area contributed by atoms with Crippen LogP contribution in [0.1, 0.15) is 44.7 Å². The molecule has 20 heavy (non-hydrogen) atoms. The van der Waals surface area contributed by atoms with Gasteiger partial charge in [-0.25, -0.2) is 0 Å². The second-order valence-electron chi connectivity index (χ2n) is 6.26. The maximum atomic E-state index is 2.33. The van der Waals surface area contributed by atoms with Crippen LogP contribution in [0.2, 0.25) is 0 Å². The molecule has 0 saturated heterocycles. The third-order valence-corrected chi connectivity index (χ3v) is 4.25. The molecule has 0 saturated carbocycles. The lowest BCUT2D eigenvalue weighted by atomic mass is 9.69. The minimum absolute atomic E-state index is 0.261. The van der Waals surface area contributed by atoms with Crippen molar-refractivity contribution in [1.29, 1.82) is 0 Å². The van der Waals surface area contributed by atoms with Crippen LogP contribution in [0.3, 0.4) is 0 Å². The number of rotatable bonds is 6. The standard InChI is InChI=1S/C20H26/c1-4-20(15-17(2)3,19-13-9-6-10-14-19)16-18-11-7-5-8-12-18/h5-14,17H,4,15-16H2,1-3H3. The van der Waals surface area contributed by atoms with Crippen LogP contribution in [0, 0.1) is 5.92 Å². The van der Waals surface area contributed by atoms with Crippen LogP contribution in [0.4, 0.5) is 0 Å². The van der Waals surface area contributed by atoms with E-state index in [2.05, 4.69) is 81.4 Å². The molecule has 0 nitrogen and oxygen atoms in total. The first-order valence-corrected chi connectivity index (χ1v) is 7.76. The van der Waals surface area contributed by atoms with E-state index in [4.69, 9.17) is 0 Å². The Morgan fingerprint density at radius 2 is 1.40 bits per heavy atom. The van der Waals surface area contributed by atoms with Crippen LogP contribution in [0.5, 0.6) is 0 Å². The maximum Gasteiger partial charge on any atom is -0.000684 e. The van der Waals surface area contributed by atoms with E-state index < -0.39 is 0 Å². The van der Waals surface area contributed by atoms with E-state index in [1.807, 2.05) is 0 Å². The van der Waals surface area contributed by atoms with Gasteiger partial charge in [-0.2, -0.15) is 0 Å². The van der Waals surface area contributed by atoms with Crippen molar-refractivity contribution in [3.63, 3.8) is 0 Å². The van der Waals surface area contributed by atoms with Gasteiger partial charge in [0.25, 0.3) is 0 Å². The number of benzene rings is 2. The molecule has 0 radical (unpaired) electrons. The van der Waals surface area contributed by atoms with Gasteiger partial charge < -0.3 is 0 Å². The maximum absolute atomic E-state index is 2.33. The Balaban J connectivity index is 2.37. The predicted octanol–water partition coefficient (Wildman–Crippen LogP) is 5.62. The van der Waals surface area contributed by atoms with E-state index in [0.29, 0.717) is 5.92 Å². The second kappa shape index (κ2) is 6.74. The van der Waals surface area contributed by atoms with Gasteiger partial charge in [0.15, 0.2) is 0 Å². The molecule has 2 aromatic rings. The second-order valence-corrected chi connectivity index (χ2v) is 6.26. The Hall–Kier alpha value is -1.56. The third kappa shape index (κ3) is 3.50. The van der Waals surface area contributed by atoms with Gasteiger partial charge >= 0.3 is 0 Å². The first-order valence-electron chi connectivity index (χ1n) is 7.76. The molecule has 0 spiro atoms. The number of hydrogen-bond acceptors (Lipinski definition) is 0. The zero-order valence-electron chi connectivity index (χ0n) is 13.0. The van der Waals surface area contributed by atoms with Crippen LogP contribution < -0.4 is 0 Å². The quantitative estimate of drug-likeness (QED) is 0.636. The normalized spacial score (nSPS) is 14.2. The van der Waals surface area contributed by atoms with Crippen molar-refractivity contribution in [3.05, 3.63) is 71.8 Å². The molecular weight excluding hydrogens is 240 g/mol. The lowest BCUT2D eigenvalue weighted by molar-refractivity contribution is 0.324. The fourth-order valence-electron chi connectivity index (χ4n) is 3.33. The van der Waals surface area contributed by atoms with Crippen molar-refractivity contribution in [1.82, 2.24) is 0 Å². The summed E-state index contributed by atoms with van der Waals surface area (Å²) in [5.41, 5.74) is 3.19. The van der Waals surface area contributed by atoms with Gasteiger partial charge in [-0.1, -0.05) is 81.4 Å². The van der Waals surface area contributed by atoms with Gasteiger partial charge in [0.2, 0.25) is 0 Å². The summed E-state index contributed by atoms with van der Waals surface area (Å²) in [5.74, 6) is 0.707. The highest BCUT2D eigenvalue weighted by atomic mass is 14.3. The molecule has 2 aromatic carbocycles. The average molecular weight is 266 g/mol. The zero-order chi connectivity index (χ0) is 14.4. The molecule has 0 aromatic heterocycles. The molecule has 1 unspecified atom stereocenters. The van der Waals surface area contributed by atoms with E-state index in [0.717, 1.165) is 6.42 Å². The first-order chi connectivity index (χ1) is 9.66. The van der Waals surface area contributed by atoms with Crippen molar-refractivity contribution in [2.75, 3.05) is 0 Å². The Morgan fingerprint density at radius 1 is 0.850 bits per heavy atom. The minimum Gasteiger partial charge on any atom is -0.0645 e. The molecule has 0 bridgehead atoms. The third-order valence-electron chi connectivity index (χ3n) is 4.25. The van der Waals surface area contributed by atoms with Crippen LogP contribution >= 0.6 is 0 Å². The first kappa shape index (κ1) is 14.8. The highest BCUT2D eigenvalue weighted by Gasteiger charge is 2.31. The molecule has 0 heterocycles. The monoisotopic (exact) mass is 266 g/mol.